The molecule has 0 atom stereocenters. The zero-order valence-electron chi connectivity index (χ0n) is 15.4. The Labute approximate surface area is 162 Å². The van der Waals surface area contributed by atoms with Gasteiger partial charge in [0.15, 0.2) is 11.5 Å². The highest BCUT2D eigenvalue weighted by Gasteiger charge is 2.36. The van der Waals surface area contributed by atoms with E-state index in [0.717, 1.165) is 5.56 Å². The highest BCUT2D eigenvalue weighted by Crippen LogP contribution is 2.33. The van der Waals surface area contributed by atoms with Crippen LogP contribution in [0.4, 0.5) is 11.4 Å². The van der Waals surface area contributed by atoms with Gasteiger partial charge in [-0.25, -0.2) is 0 Å². The molecule has 2 aromatic carbocycles. The van der Waals surface area contributed by atoms with Crippen molar-refractivity contribution >= 4 is 34.8 Å². The highest BCUT2D eigenvalue weighted by atomic mass is 35.5. The second-order valence-electron chi connectivity index (χ2n) is 6.85. The molecule has 0 bridgehead atoms. The van der Waals surface area contributed by atoms with Crippen molar-refractivity contribution < 1.29 is 19.1 Å². The first-order chi connectivity index (χ1) is 12.8. The fourth-order valence-corrected chi connectivity index (χ4v) is 2.78. The van der Waals surface area contributed by atoms with Crippen LogP contribution in [0.3, 0.4) is 0 Å². The minimum atomic E-state index is -1.29. The summed E-state index contributed by atoms with van der Waals surface area (Å²) in [6.45, 7) is 5.93. The fourth-order valence-electron chi connectivity index (χ4n) is 2.56. The number of halogens is 1. The first-order valence-electron chi connectivity index (χ1n) is 8.56. The lowest BCUT2D eigenvalue weighted by Crippen LogP contribution is -2.41. The van der Waals surface area contributed by atoms with Gasteiger partial charge in [0, 0.05) is 22.5 Å². The zero-order chi connectivity index (χ0) is 19.6. The normalized spacial score (nSPS) is 13.0. The van der Waals surface area contributed by atoms with Crippen LogP contribution in [0, 0.1) is 12.3 Å². The van der Waals surface area contributed by atoms with Crippen molar-refractivity contribution in [1.82, 2.24) is 0 Å². The molecule has 0 aliphatic carbocycles. The Kier molecular flexibility index (Phi) is 5.28. The number of carbonyl (C=O) groups is 2. The van der Waals surface area contributed by atoms with Crippen LogP contribution in [0.2, 0.25) is 5.02 Å². The smallest absolute Gasteiger partial charge is 0.239 e. The summed E-state index contributed by atoms with van der Waals surface area (Å²) < 4.78 is 11.0. The molecule has 1 heterocycles. The Morgan fingerprint density at radius 2 is 1.63 bits per heavy atom. The first kappa shape index (κ1) is 19.0. The lowest BCUT2D eigenvalue weighted by Gasteiger charge is -2.24. The lowest BCUT2D eigenvalue weighted by atomic mass is 9.90. The van der Waals surface area contributed by atoms with E-state index in [2.05, 4.69) is 10.6 Å². The monoisotopic (exact) mass is 388 g/mol. The molecular formula is C20H21ClN2O4. The summed E-state index contributed by atoms with van der Waals surface area (Å²) >= 11 is 5.94. The van der Waals surface area contributed by atoms with Gasteiger partial charge in [-0.15, -0.1) is 0 Å². The summed E-state index contributed by atoms with van der Waals surface area (Å²) in [6, 6.07) is 10.3. The number of hydrogen-bond donors (Lipinski definition) is 2. The van der Waals surface area contributed by atoms with Crippen LogP contribution >= 0.6 is 11.6 Å². The van der Waals surface area contributed by atoms with Crippen LogP contribution in [0.15, 0.2) is 36.4 Å². The van der Waals surface area contributed by atoms with E-state index in [1.165, 1.54) is 0 Å². The molecule has 1 aliphatic rings. The van der Waals surface area contributed by atoms with Gasteiger partial charge in [0.05, 0.1) is 0 Å². The molecular weight excluding hydrogens is 368 g/mol. The van der Waals surface area contributed by atoms with Crippen molar-refractivity contribution in [3.63, 3.8) is 0 Å². The topological polar surface area (TPSA) is 76.7 Å². The second-order valence-corrected chi connectivity index (χ2v) is 7.29. The van der Waals surface area contributed by atoms with Gasteiger partial charge in [0.25, 0.3) is 0 Å². The third kappa shape index (κ3) is 4.17. The second kappa shape index (κ2) is 7.48. The van der Waals surface area contributed by atoms with E-state index in [1.54, 1.807) is 50.2 Å². The predicted octanol–water partition coefficient (Wildman–Crippen LogP) is 4.02. The van der Waals surface area contributed by atoms with Crippen LogP contribution in [-0.4, -0.2) is 25.0 Å². The zero-order valence-corrected chi connectivity index (χ0v) is 16.1. The number of amides is 2. The maximum atomic E-state index is 12.7. The largest absolute Gasteiger partial charge is 0.486 e. The van der Waals surface area contributed by atoms with Crippen LogP contribution in [0.1, 0.15) is 19.4 Å². The van der Waals surface area contributed by atoms with Crippen molar-refractivity contribution in [1.29, 1.82) is 0 Å². The Balaban J connectivity index is 1.71. The summed E-state index contributed by atoms with van der Waals surface area (Å²) in [5, 5.41) is 6.14. The minimum Gasteiger partial charge on any atom is -0.486 e. The number of rotatable bonds is 4. The summed E-state index contributed by atoms with van der Waals surface area (Å²) in [5.41, 5.74) is 0.676. The number of fused-ring (bicyclic) bond motifs is 1. The molecule has 3 rings (SSSR count). The van der Waals surface area contributed by atoms with E-state index in [-0.39, 0.29) is 0 Å². The third-order valence-corrected chi connectivity index (χ3v) is 4.61. The summed E-state index contributed by atoms with van der Waals surface area (Å²) in [7, 11) is 0. The highest BCUT2D eigenvalue weighted by molar-refractivity contribution is 6.30. The maximum Gasteiger partial charge on any atom is 0.239 e. The van der Waals surface area contributed by atoms with E-state index in [9.17, 15) is 9.59 Å². The molecule has 142 valence electrons. The Morgan fingerprint density at radius 3 is 2.33 bits per heavy atom. The van der Waals surface area contributed by atoms with E-state index in [1.807, 2.05) is 6.92 Å². The molecule has 0 saturated heterocycles. The molecule has 0 aromatic heterocycles. The number of benzene rings is 2. The van der Waals surface area contributed by atoms with E-state index in [0.29, 0.717) is 41.1 Å². The first-order valence-corrected chi connectivity index (χ1v) is 8.94. The van der Waals surface area contributed by atoms with Crippen LogP contribution in [-0.2, 0) is 9.59 Å². The maximum absolute atomic E-state index is 12.7. The van der Waals surface area contributed by atoms with Crippen molar-refractivity contribution in [2.45, 2.75) is 20.8 Å². The molecule has 6 nitrogen and oxygen atoms in total. The van der Waals surface area contributed by atoms with E-state index < -0.39 is 17.2 Å². The summed E-state index contributed by atoms with van der Waals surface area (Å²) in [6.07, 6.45) is 0. The summed E-state index contributed by atoms with van der Waals surface area (Å²) in [4.78, 5) is 25.4. The average Bonchev–Trinajstić information content (AvgIpc) is 2.63. The third-order valence-electron chi connectivity index (χ3n) is 4.37. The molecule has 1 aliphatic heterocycles. The number of anilines is 2. The molecule has 0 unspecified atom stereocenters. The summed E-state index contributed by atoms with van der Waals surface area (Å²) in [5.74, 6) is 0.360. The molecule has 0 spiro atoms. The molecule has 2 N–H and O–H groups in total. The molecule has 0 saturated carbocycles. The molecule has 27 heavy (non-hydrogen) atoms. The van der Waals surface area contributed by atoms with Crippen molar-refractivity contribution in [3.05, 3.63) is 47.0 Å². The lowest BCUT2D eigenvalue weighted by molar-refractivity contribution is -0.135. The molecule has 2 aromatic rings. The van der Waals surface area contributed by atoms with Gasteiger partial charge in [0.1, 0.15) is 18.6 Å². The predicted molar refractivity (Wildman–Crippen MR) is 105 cm³/mol. The van der Waals surface area contributed by atoms with E-state index >= 15 is 0 Å². The SMILES string of the molecule is Cc1cc(Cl)ccc1NC(=O)C(C)(C)C(=O)Nc1ccc2c(c1)OCCO2. The van der Waals surface area contributed by atoms with Crippen LogP contribution in [0.25, 0.3) is 0 Å². The van der Waals surface area contributed by atoms with Gasteiger partial charge in [-0.2, -0.15) is 0 Å². The van der Waals surface area contributed by atoms with Gasteiger partial charge >= 0.3 is 0 Å². The van der Waals surface area contributed by atoms with Crippen molar-refractivity contribution in [2.75, 3.05) is 23.8 Å². The van der Waals surface area contributed by atoms with Gasteiger partial charge in [-0.05, 0) is 56.7 Å². The number of carbonyl (C=O) groups excluding carboxylic acids is 2. The Hall–Kier alpha value is -2.73. The number of ether oxygens (including phenoxy) is 2. The van der Waals surface area contributed by atoms with Gasteiger partial charge in [-0.3, -0.25) is 9.59 Å². The standard InChI is InChI=1S/C20H21ClN2O4/c1-12-10-13(21)4-6-15(12)23-19(25)20(2,3)18(24)22-14-5-7-16-17(11-14)27-9-8-26-16/h4-7,10-11H,8-9H2,1-3H3,(H,22,24)(H,23,25). The number of hydrogen-bond acceptors (Lipinski definition) is 4. The molecule has 0 radical (unpaired) electrons. The number of nitrogens with one attached hydrogen (secondary N) is 2. The van der Waals surface area contributed by atoms with Crippen molar-refractivity contribution in [3.8, 4) is 11.5 Å². The van der Waals surface area contributed by atoms with Gasteiger partial charge < -0.3 is 20.1 Å². The molecule has 7 heteroatoms. The quantitative estimate of drug-likeness (QED) is 0.775. The number of aryl methyl sites for hydroxylation is 1. The Morgan fingerprint density at radius 1 is 0.963 bits per heavy atom. The minimum absolute atomic E-state index is 0.414. The van der Waals surface area contributed by atoms with Crippen LogP contribution in [0.5, 0.6) is 11.5 Å². The van der Waals surface area contributed by atoms with E-state index in [4.69, 9.17) is 21.1 Å². The molecule has 2 amide bonds. The molecule has 0 fully saturated rings. The van der Waals surface area contributed by atoms with Crippen LogP contribution < -0.4 is 20.1 Å². The van der Waals surface area contributed by atoms with Gasteiger partial charge in [-0.1, -0.05) is 11.6 Å². The average molecular weight is 389 g/mol. The van der Waals surface area contributed by atoms with Gasteiger partial charge in [0.2, 0.25) is 11.8 Å². The van der Waals surface area contributed by atoms with Crippen molar-refractivity contribution in [2.24, 2.45) is 5.41 Å². The Bertz CT molecular complexity index is 896. The fraction of sp³-hybridized carbons (Fsp3) is 0.300.